The number of thiazole rings is 1. The van der Waals surface area contributed by atoms with E-state index >= 15 is 0 Å². The first-order valence-corrected chi connectivity index (χ1v) is 10.8. The lowest BCUT2D eigenvalue weighted by molar-refractivity contribution is 0.102. The number of nitrogens with zero attached hydrogens (tertiary/aromatic N) is 2. The lowest BCUT2D eigenvalue weighted by Crippen LogP contribution is -2.11. The maximum atomic E-state index is 12.6. The van der Waals surface area contributed by atoms with Crippen LogP contribution < -0.4 is 5.32 Å². The first-order valence-electron chi connectivity index (χ1n) is 9.92. The predicted octanol–water partition coefficient (Wildman–Crippen LogP) is 6.52. The number of hydrogen-bond acceptors (Lipinski definition) is 3. The third-order valence-corrected chi connectivity index (χ3v) is 5.89. The van der Waals surface area contributed by atoms with Crippen LogP contribution >= 0.6 is 11.3 Å². The normalized spacial score (nSPS) is 10.7. The number of anilines is 1. The predicted molar refractivity (Wildman–Crippen MR) is 127 cm³/mol. The number of aromatic nitrogens is 2. The van der Waals surface area contributed by atoms with Gasteiger partial charge in [0.2, 0.25) is 0 Å². The lowest BCUT2D eigenvalue weighted by atomic mass is 10.1. The summed E-state index contributed by atoms with van der Waals surface area (Å²) in [6.45, 7) is 0. The van der Waals surface area contributed by atoms with Gasteiger partial charge >= 0.3 is 0 Å². The summed E-state index contributed by atoms with van der Waals surface area (Å²) in [5.74, 6) is -0.133. The molecule has 2 aromatic heterocycles. The van der Waals surface area contributed by atoms with Gasteiger partial charge in [-0.1, -0.05) is 42.5 Å². The van der Waals surface area contributed by atoms with Gasteiger partial charge in [0.25, 0.3) is 5.91 Å². The van der Waals surface area contributed by atoms with E-state index in [-0.39, 0.29) is 5.91 Å². The van der Waals surface area contributed by atoms with Crippen molar-refractivity contribution in [2.75, 3.05) is 5.32 Å². The topological polar surface area (TPSA) is 46.9 Å². The van der Waals surface area contributed by atoms with E-state index < -0.39 is 0 Å². The Morgan fingerprint density at radius 2 is 1.48 bits per heavy atom. The summed E-state index contributed by atoms with van der Waals surface area (Å²) in [7, 11) is 0. The number of carbonyl (C=O) groups excluding carboxylic acids is 1. The monoisotopic (exact) mass is 421 g/mol. The molecule has 0 unspecified atom stereocenters. The first kappa shape index (κ1) is 19.0. The molecular weight excluding hydrogens is 402 g/mol. The molecule has 0 saturated carbocycles. The van der Waals surface area contributed by atoms with Crippen molar-refractivity contribution in [1.29, 1.82) is 0 Å². The maximum Gasteiger partial charge on any atom is 0.255 e. The Morgan fingerprint density at radius 1 is 0.774 bits per heavy atom. The van der Waals surface area contributed by atoms with Crippen molar-refractivity contribution in [3.8, 4) is 27.5 Å². The third-order valence-electron chi connectivity index (χ3n) is 5.00. The largest absolute Gasteiger partial charge is 0.324 e. The van der Waals surface area contributed by atoms with Crippen molar-refractivity contribution in [3.63, 3.8) is 0 Å². The second-order valence-electron chi connectivity index (χ2n) is 7.07. The van der Waals surface area contributed by atoms with Gasteiger partial charge in [-0.05, 0) is 48.5 Å². The molecule has 5 heteroatoms. The molecule has 150 valence electrons. The molecule has 0 bridgehead atoms. The van der Waals surface area contributed by atoms with Crippen LogP contribution in [-0.4, -0.2) is 15.5 Å². The van der Waals surface area contributed by atoms with Gasteiger partial charge in [0.1, 0.15) is 5.01 Å². The number of hydrogen-bond donors (Lipinski definition) is 1. The van der Waals surface area contributed by atoms with Gasteiger partial charge in [0.15, 0.2) is 0 Å². The highest BCUT2D eigenvalue weighted by Crippen LogP contribution is 2.29. The fourth-order valence-corrected chi connectivity index (χ4v) is 4.17. The van der Waals surface area contributed by atoms with Crippen LogP contribution in [-0.2, 0) is 0 Å². The first-order chi connectivity index (χ1) is 15.3. The Labute approximate surface area is 184 Å². The fourth-order valence-electron chi connectivity index (χ4n) is 3.34. The Morgan fingerprint density at radius 3 is 2.19 bits per heavy atom. The van der Waals surface area contributed by atoms with E-state index in [0.717, 1.165) is 33.2 Å². The molecule has 0 aliphatic rings. The molecule has 0 fully saturated rings. The molecule has 0 spiro atoms. The van der Waals surface area contributed by atoms with Gasteiger partial charge in [-0.25, -0.2) is 4.98 Å². The lowest BCUT2D eigenvalue weighted by Gasteiger charge is -2.08. The minimum absolute atomic E-state index is 0.133. The van der Waals surface area contributed by atoms with Gasteiger partial charge in [0, 0.05) is 45.8 Å². The second kappa shape index (κ2) is 8.42. The SMILES string of the molecule is O=C(Nc1ccc(-c2csc(-c3ccccc3)n2)cc1)c1ccc(-n2cccc2)cc1. The van der Waals surface area contributed by atoms with Gasteiger partial charge in [-0.2, -0.15) is 0 Å². The summed E-state index contributed by atoms with van der Waals surface area (Å²) < 4.78 is 2.00. The number of benzene rings is 3. The highest BCUT2D eigenvalue weighted by atomic mass is 32.1. The van der Waals surface area contributed by atoms with Crippen LogP contribution in [0.1, 0.15) is 10.4 Å². The fraction of sp³-hybridized carbons (Fsp3) is 0. The van der Waals surface area contributed by atoms with Crippen LogP contribution in [0.2, 0.25) is 0 Å². The van der Waals surface area contributed by atoms with E-state index in [1.165, 1.54) is 0 Å². The van der Waals surface area contributed by atoms with Gasteiger partial charge in [-0.15, -0.1) is 11.3 Å². The molecular formula is C26H19N3OS. The number of rotatable bonds is 5. The molecule has 3 aromatic carbocycles. The minimum Gasteiger partial charge on any atom is -0.324 e. The molecule has 5 aromatic rings. The number of nitrogens with one attached hydrogen (secondary N) is 1. The summed E-state index contributed by atoms with van der Waals surface area (Å²) in [4.78, 5) is 17.3. The van der Waals surface area contributed by atoms with Gasteiger partial charge in [-0.3, -0.25) is 4.79 Å². The summed E-state index contributed by atoms with van der Waals surface area (Å²) >= 11 is 1.63. The van der Waals surface area contributed by atoms with Crippen LogP contribution in [0.15, 0.2) is 109 Å². The van der Waals surface area contributed by atoms with Crippen LogP contribution in [0.25, 0.3) is 27.5 Å². The van der Waals surface area contributed by atoms with E-state index in [1.807, 2.05) is 95.8 Å². The van der Waals surface area contributed by atoms with Crippen LogP contribution in [0.3, 0.4) is 0 Å². The van der Waals surface area contributed by atoms with Crippen molar-refractivity contribution < 1.29 is 4.79 Å². The molecule has 1 amide bonds. The van der Waals surface area contributed by atoms with Crippen molar-refractivity contribution in [2.24, 2.45) is 0 Å². The van der Waals surface area contributed by atoms with Crippen molar-refractivity contribution in [3.05, 3.63) is 114 Å². The molecule has 0 aliphatic heterocycles. The summed E-state index contributed by atoms with van der Waals surface area (Å²) in [5.41, 5.74) is 5.46. The highest BCUT2D eigenvalue weighted by molar-refractivity contribution is 7.13. The Hall–Kier alpha value is -3.96. The molecule has 0 aliphatic carbocycles. The summed E-state index contributed by atoms with van der Waals surface area (Å²) in [5, 5.41) is 6.01. The molecule has 1 N–H and O–H groups in total. The summed E-state index contributed by atoms with van der Waals surface area (Å²) in [6, 6.07) is 29.4. The quantitative estimate of drug-likeness (QED) is 0.351. The summed E-state index contributed by atoms with van der Waals surface area (Å²) in [6.07, 6.45) is 3.95. The molecule has 0 saturated heterocycles. The van der Waals surface area contributed by atoms with E-state index in [9.17, 15) is 4.79 Å². The smallest absolute Gasteiger partial charge is 0.255 e. The standard InChI is InChI=1S/C26H19N3OS/c30-25(20-10-14-23(15-11-20)29-16-4-5-17-29)27-22-12-8-19(9-13-22)24-18-31-26(28-24)21-6-2-1-3-7-21/h1-18H,(H,27,30). The van der Waals surface area contributed by atoms with Crippen molar-refractivity contribution >= 4 is 22.9 Å². The highest BCUT2D eigenvalue weighted by Gasteiger charge is 2.09. The van der Waals surface area contributed by atoms with Crippen LogP contribution in [0.4, 0.5) is 5.69 Å². The average molecular weight is 422 g/mol. The zero-order valence-electron chi connectivity index (χ0n) is 16.6. The van der Waals surface area contributed by atoms with Gasteiger partial charge in [0.05, 0.1) is 5.69 Å². The van der Waals surface area contributed by atoms with Crippen molar-refractivity contribution in [2.45, 2.75) is 0 Å². The molecule has 2 heterocycles. The van der Waals surface area contributed by atoms with Crippen LogP contribution in [0, 0.1) is 0 Å². The Kier molecular flexibility index (Phi) is 5.17. The van der Waals surface area contributed by atoms with Crippen LogP contribution in [0.5, 0.6) is 0 Å². The molecule has 4 nitrogen and oxygen atoms in total. The zero-order chi connectivity index (χ0) is 21.0. The number of amides is 1. The van der Waals surface area contributed by atoms with E-state index in [4.69, 9.17) is 4.98 Å². The Bertz CT molecular complexity index is 1290. The average Bonchev–Trinajstić information content (AvgIpc) is 3.53. The molecule has 0 atom stereocenters. The molecule has 5 rings (SSSR count). The van der Waals surface area contributed by atoms with E-state index in [1.54, 1.807) is 11.3 Å². The second-order valence-corrected chi connectivity index (χ2v) is 7.93. The van der Waals surface area contributed by atoms with Gasteiger partial charge < -0.3 is 9.88 Å². The Balaban J connectivity index is 1.27. The van der Waals surface area contributed by atoms with E-state index in [0.29, 0.717) is 5.56 Å². The molecule has 31 heavy (non-hydrogen) atoms. The zero-order valence-corrected chi connectivity index (χ0v) is 17.4. The number of carbonyl (C=O) groups is 1. The molecule has 0 radical (unpaired) electrons. The van der Waals surface area contributed by atoms with Crippen molar-refractivity contribution in [1.82, 2.24) is 9.55 Å². The maximum absolute atomic E-state index is 12.6. The van der Waals surface area contributed by atoms with E-state index in [2.05, 4.69) is 22.8 Å². The minimum atomic E-state index is -0.133. The third kappa shape index (κ3) is 4.17.